The molecule has 33 heavy (non-hydrogen) atoms. The number of likely N-dealkylation sites (tertiary alicyclic amines) is 1. The lowest BCUT2D eigenvalue weighted by Gasteiger charge is -2.33. The highest BCUT2D eigenvalue weighted by Gasteiger charge is 2.23. The van der Waals surface area contributed by atoms with Gasteiger partial charge in [0.05, 0.1) is 13.2 Å². The van der Waals surface area contributed by atoms with Crippen LogP contribution in [0.1, 0.15) is 53.6 Å². The zero-order chi connectivity index (χ0) is 23.0. The lowest BCUT2D eigenvalue weighted by molar-refractivity contribution is 0.183. The van der Waals surface area contributed by atoms with Crippen molar-refractivity contribution in [2.24, 2.45) is 0 Å². The van der Waals surface area contributed by atoms with Gasteiger partial charge in [-0.05, 0) is 79.8 Å². The topological polar surface area (TPSA) is 34.6 Å². The Hall–Kier alpha value is -2.76. The molecule has 174 valence electrons. The first-order chi connectivity index (χ1) is 16.1. The molecule has 1 aromatic heterocycles. The van der Waals surface area contributed by atoms with Crippen LogP contribution in [0.3, 0.4) is 0 Å². The van der Waals surface area contributed by atoms with E-state index in [1.54, 1.807) is 19.2 Å². The maximum Gasteiger partial charge on any atom is 0.123 e. The summed E-state index contributed by atoms with van der Waals surface area (Å²) >= 11 is 0. The molecule has 0 bridgehead atoms. The lowest BCUT2D eigenvalue weighted by atomic mass is 9.93. The maximum absolute atomic E-state index is 13.5. The molecule has 1 saturated heterocycles. The molecule has 0 amide bonds. The normalized spacial score (nSPS) is 16.6. The molecule has 1 aliphatic heterocycles. The third-order valence-electron chi connectivity index (χ3n) is 6.20. The Morgan fingerprint density at radius 3 is 2.70 bits per heavy atom. The fraction of sp³-hybridized carbons (Fsp3) is 0.393. The number of nitrogens with zero attached hydrogens (tertiary/aromatic N) is 2. The number of benzene rings is 2. The van der Waals surface area contributed by atoms with Gasteiger partial charge in [0.15, 0.2) is 0 Å². The minimum atomic E-state index is -0.195. The van der Waals surface area contributed by atoms with Gasteiger partial charge >= 0.3 is 0 Å². The van der Waals surface area contributed by atoms with Crippen LogP contribution in [0.2, 0.25) is 0 Å². The zero-order valence-electron chi connectivity index (χ0n) is 19.6. The third kappa shape index (κ3) is 6.40. The summed E-state index contributed by atoms with van der Waals surface area (Å²) in [5.74, 6) is 1.18. The van der Waals surface area contributed by atoms with Crippen LogP contribution in [0.4, 0.5) is 4.39 Å². The maximum atomic E-state index is 13.5. The van der Waals surface area contributed by atoms with E-state index in [0.29, 0.717) is 25.6 Å². The van der Waals surface area contributed by atoms with Crippen molar-refractivity contribution in [2.45, 2.75) is 45.3 Å². The summed E-state index contributed by atoms with van der Waals surface area (Å²) in [6, 6.07) is 17.4. The average Bonchev–Trinajstić information content (AvgIpc) is 2.82. The Labute approximate surface area is 196 Å². The number of pyridine rings is 1. The van der Waals surface area contributed by atoms with Gasteiger partial charge in [-0.1, -0.05) is 24.3 Å². The van der Waals surface area contributed by atoms with E-state index in [9.17, 15) is 4.39 Å². The first kappa shape index (κ1) is 23.4. The molecule has 1 fully saturated rings. The summed E-state index contributed by atoms with van der Waals surface area (Å²) in [6.45, 7) is 6.21. The van der Waals surface area contributed by atoms with Crippen LogP contribution in [-0.4, -0.2) is 36.7 Å². The van der Waals surface area contributed by atoms with Crippen LogP contribution in [0.25, 0.3) is 0 Å². The molecule has 0 aliphatic carbocycles. The molecule has 0 N–H and O–H groups in total. The van der Waals surface area contributed by atoms with Gasteiger partial charge in [0, 0.05) is 43.6 Å². The Morgan fingerprint density at radius 2 is 1.94 bits per heavy atom. The summed E-state index contributed by atoms with van der Waals surface area (Å²) < 4.78 is 24.7. The molecule has 0 saturated carbocycles. The lowest BCUT2D eigenvalue weighted by Crippen LogP contribution is -2.34. The number of methoxy groups -OCH3 is 1. The second kappa shape index (κ2) is 11.4. The predicted molar refractivity (Wildman–Crippen MR) is 129 cm³/mol. The Bertz CT molecular complexity index is 1040. The highest BCUT2D eigenvalue weighted by atomic mass is 19.1. The summed E-state index contributed by atoms with van der Waals surface area (Å²) in [5.41, 5.74) is 5.59. The number of halogens is 1. The highest BCUT2D eigenvalue weighted by molar-refractivity contribution is 5.37. The molecule has 3 aromatic rings. The first-order valence-corrected chi connectivity index (χ1v) is 11.8. The molecular weight excluding hydrogens is 415 g/mol. The molecule has 5 heteroatoms. The summed E-state index contributed by atoms with van der Waals surface area (Å²) in [5, 5.41) is 0. The molecule has 4 rings (SSSR count). The van der Waals surface area contributed by atoms with E-state index >= 15 is 0 Å². The number of rotatable bonds is 9. The van der Waals surface area contributed by atoms with Gasteiger partial charge in [-0.25, -0.2) is 4.39 Å². The van der Waals surface area contributed by atoms with Crippen LogP contribution >= 0.6 is 0 Å². The van der Waals surface area contributed by atoms with Crippen molar-refractivity contribution < 1.29 is 13.9 Å². The number of hydrogen-bond acceptors (Lipinski definition) is 4. The molecule has 0 spiro atoms. The third-order valence-corrected chi connectivity index (χ3v) is 6.20. The monoisotopic (exact) mass is 448 g/mol. The highest BCUT2D eigenvalue weighted by Crippen LogP contribution is 2.29. The largest absolute Gasteiger partial charge is 0.494 e. The Morgan fingerprint density at radius 1 is 1.06 bits per heavy atom. The second-order valence-corrected chi connectivity index (χ2v) is 8.78. The molecular formula is C28H33FN2O2. The summed E-state index contributed by atoms with van der Waals surface area (Å²) in [6.07, 6.45) is 4.94. The van der Waals surface area contributed by atoms with Crippen molar-refractivity contribution in [3.63, 3.8) is 0 Å². The Kier molecular flexibility index (Phi) is 8.08. The van der Waals surface area contributed by atoms with Crippen LogP contribution in [0.5, 0.6) is 5.75 Å². The minimum absolute atomic E-state index is 0.195. The molecule has 1 aliphatic rings. The van der Waals surface area contributed by atoms with Gasteiger partial charge in [0.25, 0.3) is 0 Å². The molecule has 0 unspecified atom stereocenters. The van der Waals surface area contributed by atoms with Gasteiger partial charge in [-0.3, -0.25) is 9.88 Å². The summed E-state index contributed by atoms with van der Waals surface area (Å²) in [4.78, 5) is 7.29. The number of aromatic nitrogens is 1. The van der Waals surface area contributed by atoms with Crippen molar-refractivity contribution >= 4 is 0 Å². The van der Waals surface area contributed by atoms with Crippen molar-refractivity contribution in [2.75, 3.05) is 26.8 Å². The fourth-order valence-electron chi connectivity index (χ4n) is 4.66. The van der Waals surface area contributed by atoms with E-state index in [1.165, 1.54) is 17.2 Å². The first-order valence-electron chi connectivity index (χ1n) is 11.8. The van der Waals surface area contributed by atoms with E-state index in [1.807, 2.05) is 19.2 Å². The van der Waals surface area contributed by atoms with Crippen LogP contribution in [0, 0.1) is 5.82 Å². The van der Waals surface area contributed by atoms with E-state index in [-0.39, 0.29) is 5.82 Å². The van der Waals surface area contributed by atoms with Gasteiger partial charge < -0.3 is 9.47 Å². The van der Waals surface area contributed by atoms with Gasteiger partial charge in [-0.2, -0.15) is 0 Å². The van der Waals surface area contributed by atoms with Crippen LogP contribution < -0.4 is 4.74 Å². The molecule has 2 heterocycles. The van der Waals surface area contributed by atoms with Crippen LogP contribution in [0.15, 0.2) is 60.8 Å². The number of hydrogen-bond donors (Lipinski definition) is 0. The van der Waals surface area contributed by atoms with E-state index < -0.39 is 0 Å². The van der Waals surface area contributed by atoms with Gasteiger partial charge in [0.1, 0.15) is 11.6 Å². The number of piperidine rings is 1. The molecule has 0 radical (unpaired) electrons. The van der Waals surface area contributed by atoms with Crippen molar-refractivity contribution in [1.82, 2.24) is 9.88 Å². The van der Waals surface area contributed by atoms with E-state index in [4.69, 9.17) is 14.5 Å². The van der Waals surface area contributed by atoms with Crippen LogP contribution in [-0.2, 0) is 24.3 Å². The molecule has 2 aromatic carbocycles. The quantitative estimate of drug-likeness (QED) is 0.418. The molecule has 4 nitrogen and oxygen atoms in total. The second-order valence-electron chi connectivity index (χ2n) is 8.78. The van der Waals surface area contributed by atoms with Gasteiger partial charge in [0.2, 0.25) is 0 Å². The SMILES string of the molecule is CCOc1ccc(COC)cc1CN1CCC[C@H](c2ccc(Cc3cccc(F)c3)cn2)C1. The van der Waals surface area contributed by atoms with Gasteiger partial charge in [-0.15, -0.1) is 0 Å². The Balaban J connectivity index is 1.42. The standard InChI is InChI=1S/C28H33FN2O2/c1-3-33-28-12-10-23(20-32-2)15-25(28)19-31-13-5-7-24(18-31)27-11-9-22(17-30-27)14-21-6-4-8-26(29)16-21/h4,6,8-12,15-17,24H,3,5,7,13-14,18-20H2,1-2H3/t24-/m0/s1. The van der Waals surface area contributed by atoms with E-state index in [0.717, 1.165) is 55.0 Å². The molecule has 1 atom stereocenters. The number of ether oxygens (including phenoxy) is 2. The average molecular weight is 449 g/mol. The zero-order valence-corrected chi connectivity index (χ0v) is 19.6. The predicted octanol–water partition coefficient (Wildman–Crippen LogP) is 5.74. The smallest absolute Gasteiger partial charge is 0.123 e. The fourth-order valence-corrected chi connectivity index (χ4v) is 4.66. The van der Waals surface area contributed by atoms with E-state index in [2.05, 4.69) is 35.2 Å². The minimum Gasteiger partial charge on any atom is -0.494 e. The van der Waals surface area contributed by atoms with Crippen molar-refractivity contribution in [3.8, 4) is 5.75 Å². The summed E-state index contributed by atoms with van der Waals surface area (Å²) in [7, 11) is 1.72. The van der Waals surface area contributed by atoms with Crippen molar-refractivity contribution in [1.29, 1.82) is 0 Å². The van der Waals surface area contributed by atoms with Crippen molar-refractivity contribution in [3.05, 3.63) is 94.6 Å².